The van der Waals surface area contributed by atoms with Crippen LogP contribution in [0.5, 0.6) is 0 Å². The molecule has 1 heterocycles. The Labute approximate surface area is 224 Å². The molecule has 37 heavy (non-hydrogen) atoms. The summed E-state index contributed by atoms with van der Waals surface area (Å²) in [5.41, 5.74) is 8.81. The molecule has 0 radical (unpaired) electrons. The van der Waals surface area contributed by atoms with Gasteiger partial charge in [-0.25, -0.2) is 4.99 Å². The molecule has 10 nitrogen and oxygen atoms in total. The summed E-state index contributed by atoms with van der Waals surface area (Å²) >= 11 is 0. The summed E-state index contributed by atoms with van der Waals surface area (Å²) in [7, 11) is 8.03. The van der Waals surface area contributed by atoms with Gasteiger partial charge in [-0.2, -0.15) is 0 Å². The Bertz CT molecular complexity index is 831. The number of nitrogens with one attached hydrogen (secondary N) is 1. The minimum absolute atomic E-state index is 0.439. The molecule has 0 bridgehead atoms. The lowest BCUT2D eigenvalue weighted by Gasteiger charge is -2.29. The summed E-state index contributed by atoms with van der Waals surface area (Å²) in [6, 6.07) is 8.83. The van der Waals surface area contributed by atoms with Gasteiger partial charge in [0, 0.05) is 60.8 Å². The van der Waals surface area contributed by atoms with Crippen LogP contribution < -0.4 is 11.1 Å². The molecule has 1 aromatic rings. The van der Waals surface area contributed by atoms with Gasteiger partial charge in [0.25, 0.3) is 0 Å². The smallest absolute Gasteiger partial charge is 0.230 e. The molecule has 1 fully saturated rings. The molecule has 1 aromatic carbocycles. The van der Waals surface area contributed by atoms with E-state index in [2.05, 4.69) is 39.4 Å². The van der Waals surface area contributed by atoms with Crippen molar-refractivity contribution >= 4 is 20.5 Å². The average Bonchev–Trinajstić information content (AvgIpc) is 3.39. The first kappa shape index (κ1) is 32.8. The summed E-state index contributed by atoms with van der Waals surface area (Å²) in [5.74, 6) is 1.39. The summed E-state index contributed by atoms with van der Waals surface area (Å²) in [6.07, 6.45) is 5.16. The third kappa shape index (κ3) is 12.7. The number of carbonyl (C=O) groups is 1. The number of benzene rings is 1. The van der Waals surface area contributed by atoms with Crippen molar-refractivity contribution in [1.29, 1.82) is 0 Å². The highest BCUT2D eigenvalue weighted by Gasteiger charge is 2.18. The van der Waals surface area contributed by atoms with Crippen molar-refractivity contribution < 1.29 is 18.6 Å². The van der Waals surface area contributed by atoms with Crippen molar-refractivity contribution in [1.82, 2.24) is 20.0 Å². The molecule has 3 N–H and O–H groups in total. The highest BCUT2D eigenvalue weighted by Crippen LogP contribution is 2.35. The SMILES string of the molecule is CC=O.CN/C=C(\N)N(C)C(/N=C(\C)N(C)Cc1cccc(CN2CCCC2)c1)OCCP(OC)OC. The van der Waals surface area contributed by atoms with Crippen LogP contribution in [0, 0.1) is 0 Å². The first-order valence-corrected chi connectivity index (χ1v) is 13.9. The summed E-state index contributed by atoms with van der Waals surface area (Å²) in [4.78, 5) is 20.1. The van der Waals surface area contributed by atoms with E-state index in [4.69, 9.17) is 29.3 Å². The van der Waals surface area contributed by atoms with Crippen LogP contribution in [-0.2, 0) is 31.7 Å². The van der Waals surface area contributed by atoms with Crippen molar-refractivity contribution in [2.24, 2.45) is 10.7 Å². The first-order chi connectivity index (χ1) is 17.8. The molecule has 1 unspecified atom stereocenters. The highest BCUT2D eigenvalue weighted by atomic mass is 31.2. The number of ether oxygens (including phenoxy) is 1. The van der Waals surface area contributed by atoms with Crippen molar-refractivity contribution in [3.05, 3.63) is 47.4 Å². The summed E-state index contributed by atoms with van der Waals surface area (Å²) in [5, 5.41) is 2.95. The van der Waals surface area contributed by atoms with Crippen LogP contribution in [0.3, 0.4) is 0 Å². The molecule has 0 saturated carbocycles. The molecule has 0 amide bonds. The Morgan fingerprint density at radius 3 is 2.46 bits per heavy atom. The molecule has 1 aliphatic rings. The van der Waals surface area contributed by atoms with Gasteiger partial charge in [0.05, 0.1) is 6.61 Å². The first-order valence-electron chi connectivity index (χ1n) is 12.6. The van der Waals surface area contributed by atoms with E-state index in [9.17, 15) is 0 Å². The van der Waals surface area contributed by atoms with E-state index in [1.165, 1.54) is 44.0 Å². The molecule has 0 aromatic heterocycles. The van der Waals surface area contributed by atoms with E-state index >= 15 is 0 Å². The van der Waals surface area contributed by atoms with Gasteiger partial charge in [-0.05, 0) is 50.9 Å². The van der Waals surface area contributed by atoms with Crippen molar-refractivity contribution in [3.8, 4) is 0 Å². The van der Waals surface area contributed by atoms with Gasteiger partial charge in [-0.15, -0.1) is 0 Å². The number of carbonyl (C=O) groups excluding carboxylic acids is 1. The maximum absolute atomic E-state index is 8.81. The quantitative estimate of drug-likeness (QED) is 0.122. The number of amidine groups is 1. The summed E-state index contributed by atoms with van der Waals surface area (Å²) in [6.45, 7) is 8.06. The predicted octanol–water partition coefficient (Wildman–Crippen LogP) is 3.15. The zero-order valence-corrected chi connectivity index (χ0v) is 24.5. The maximum Gasteiger partial charge on any atom is 0.230 e. The lowest BCUT2D eigenvalue weighted by molar-refractivity contribution is -0.106. The number of nitrogens with two attached hydrogens (primary N) is 1. The average molecular weight is 539 g/mol. The van der Waals surface area contributed by atoms with Gasteiger partial charge >= 0.3 is 0 Å². The minimum Gasteiger partial charge on any atom is -0.391 e. The van der Waals surface area contributed by atoms with Crippen LogP contribution in [0.2, 0.25) is 0 Å². The van der Waals surface area contributed by atoms with Gasteiger partial charge in [0.2, 0.25) is 6.35 Å². The Morgan fingerprint density at radius 2 is 1.86 bits per heavy atom. The van der Waals surface area contributed by atoms with E-state index < -0.39 is 14.7 Å². The fraction of sp³-hybridized carbons (Fsp3) is 0.615. The van der Waals surface area contributed by atoms with Gasteiger partial charge in [-0.1, -0.05) is 24.3 Å². The van der Waals surface area contributed by atoms with Crippen LogP contribution in [-0.4, -0.2) is 94.4 Å². The monoisotopic (exact) mass is 538 g/mol. The second kappa shape index (κ2) is 18.9. The molecule has 1 aliphatic heterocycles. The molecule has 2 rings (SSSR count). The van der Waals surface area contributed by atoms with E-state index in [-0.39, 0.29) is 0 Å². The standard InChI is InChI=1S/C24H43N6O3P.C2H4O/c1-20(27-24(29(4)23(25)17-26-2)33-14-15-34(31-5)32-6)28(3)18-21-10-9-11-22(16-21)19-30-12-7-8-13-30;1-2-3/h9-11,16-17,24,26H,7-8,12-15,18-19,25H2,1-6H3;2H,1H3/b23-17+,27-20+;. The van der Waals surface area contributed by atoms with Crippen LogP contribution in [0.1, 0.15) is 37.8 Å². The largest absolute Gasteiger partial charge is 0.391 e. The zero-order chi connectivity index (χ0) is 27.6. The van der Waals surface area contributed by atoms with Gasteiger partial charge in [0.15, 0.2) is 8.38 Å². The van der Waals surface area contributed by atoms with E-state index in [0.29, 0.717) is 18.6 Å². The molecular weight excluding hydrogens is 491 g/mol. The number of aldehydes is 1. The zero-order valence-electron chi connectivity index (χ0n) is 23.6. The summed E-state index contributed by atoms with van der Waals surface area (Å²) < 4.78 is 16.7. The van der Waals surface area contributed by atoms with Crippen LogP contribution >= 0.6 is 8.38 Å². The van der Waals surface area contributed by atoms with Gasteiger partial charge < -0.3 is 39.4 Å². The predicted molar refractivity (Wildman–Crippen MR) is 152 cm³/mol. The Hall–Kier alpha value is -2.23. The van der Waals surface area contributed by atoms with Crippen LogP contribution in [0.25, 0.3) is 0 Å². The molecule has 11 heteroatoms. The van der Waals surface area contributed by atoms with Crippen LogP contribution in [0.15, 0.2) is 41.3 Å². The molecule has 1 atom stereocenters. The number of hydrogen-bond acceptors (Lipinski definition) is 9. The molecule has 1 saturated heterocycles. The normalized spacial score (nSPS) is 15.2. The molecule has 210 valence electrons. The van der Waals surface area contributed by atoms with Gasteiger partial charge in [-0.3, -0.25) is 4.90 Å². The lowest BCUT2D eigenvalue weighted by atomic mass is 10.1. The second-order valence-electron chi connectivity index (χ2n) is 8.66. The van der Waals surface area contributed by atoms with E-state index in [0.717, 1.165) is 25.2 Å². The number of rotatable bonds is 14. The van der Waals surface area contributed by atoms with Crippen molar-refractivity contribution in [3.63, 3.8) is 0 Å². The Kier molecular flexibility index (Phi) is 16.8. The number of aliphatic imine (C=N–C) groups is 1. The Morgan fingerprint density at radius 1 is 1.24 bits per heavy atom. The second-order valence-corrected chi connectivity index (χ2v) is 10.5. The van der Waals surface area contributed by atoms with Crippen molar-refractivity contribution in [2.45, 2.75) is 46.1 Å². The molecule has 0 aliphatic carbocycles. The maximum atomic E-state index is 8.81. The van der Waals surface area contributed by atoms with E-state index in [1.54, 1.807) is 32.4 Å². The topological polar surface area (TPSA) is 105 Å². The fourth-order valence-corrected chi connectivity index (χ4v) is 4.54. The number of hydrogen-bond donors (Lipinski definition) is 2. The molecular formula is C26H47N6O4P. The van der Waals surface area contributed by atoms with Crippen LogP contribution in [0.4, 0.5) is 0 Å². The fourth-order valence-electron chi connectivity index (χ4n) is 3.77. The number of likely N-dealkylation sites (tertiary alicyclic amines) is 1. The molecule has 0 spiro atoms. The van der Waals surface area contributed by atoms with Crippen molar-refractivity contribution in [2.75, 3.05) is 61.2 Å². The minimum atomic E-state index is -0.967. The third-order valence-electron chi connectivity index (χ3n) is 5.84. The van der Waals surface area contributed by atoms with E-state index in [1.807, 2.05) is 21.0 Å². The third-order valence-corrected chi connectivity index (χ3v) is 7.21. The van der Waals surface area contributed by atoms with Gasteiger partial charge in [0.1, 0.15) is 17.9 Å². The number of nitrogens with zero attached hydrogens (tertiary/aromatic N) is 4. The Balaban J connectivity index is 0.00000217. The highest BCUT2D eigenvalue weighted by molar-refractivity contribution is 7.47. The lowest BCUT2D eigenvalue weighted by Crippen LogP contribution is -2.38.